The molecule has 3 heterocycles. The Kier molecular flexibility index (Phi) is 3.05. The number of aromatic amines is 1. The van der Waals surface area contributed by atoms with E-state index in [1.807, 2.05) is 12.2 Å². The molecule has 2 aliphatic heterocycles. The van der Waals surface area contributed by atoms with Crippen molar-refractivity contribution in [2.75, 3.05) is 13.7 Å². The zero-order valence-electron chi connectivity index (χ0n) is 13.2. The number of pyridine rings is 1. The van der Waals surface area contributed by atoms with Gasteiger partial charge in [-0.25, -0.2) is 0 Å². The summed E-state index contributed by atoms with van der Waals surface area (Å²) in [4.78, 5) is 40.8. The highest BCUT2D eigenvalue weighted by Gasteiger charge is 2.53. The summed E-state index contributed by atoms with van der Waals surface area (Å²) >= 11 is 0. The van der Waals surface area contributed by atoms with Gasteiger partial charge in [0.2, 0.25) is 5.91 Å². The first-order valence-electron chi connectivity index (χ1n) is 7.78. The zero-order chi connectivity index (χ0) is 17.1. The summed E-state index contributed by atoms with van der Waals surface area (Å²) in [5, 5.41) is 0. The number of nitrogens with zero attached hydrogens (tertiary/aromatic N) is 1. The molecule has 4 rings (SSSR count). The van der Waals surface area contributed by atoms with Crippen LogP contribution in [0, 0.1) is 0 Å². The third-order valence-corrected chi connectivity index (χ3v) is 5.21. The van der Waals surface area contributed by atoms with Crippen LogP contribution in [0.25, 0.3) is 0 Å². The van der Waals surface area contributed by atoms with E-state index in [1.54, 1.807) is 24.2 Å². The molecule has 24 heavy (non-hydrogen) atoms. The Bertz CT molecular complexity index is 882. The first kappa shape index (κ1) is 14.9. The Balaban J connectivity index is 2.01. The zero-order valence-corrected chi connectivity index (χ0v) is 13.2. The second kappa shape index (κ2) is 4.91. The second-order valence-electron chi connectivity index (χ2n) is 6.31. The van der Waals surface area contributed by atoms with E-state index in [-0.39, 0.29) is 23.3 Å². The molecule has 0 radical (unpaired) electrons. The van der Waals surface area contributed by atoms with Crippen molar-refractivity contribution in [3.63, 3.8) is 0 Å². The molecule has 7 heteroatoms. The molecular weight excluding hydrogens is 310 g/mol. The third kappa shape index (κ3) is 1.78. The van der Waals surface area contributed by atoms with Crippen molar-refractivity contribution < 1.29 is 14.3 Å². The maximum Gasteiger partial charge on any atom is 0.265 e. The highest BCUT2D eigenvalue weighted by Crippen LogP contribution is 2.50. The molecular formula is C17H17N3O4. The molecule has 0 bridgehead atoms. The molecule has 0 saturated heterocycles. The average Bonchev–Trinajstić information content (AvgIpc) is 2.86. The second-order valence-corrected chi connectivity index (χ2v) is 6.31. The normalized spacial score (nSPS) is 27.4. The average molecular weight is 327 g/mol. The lowest BCUT2D eigenvalue weighted by atomic mass is 9.71. The molecule has 2 amide bonds. The van der Waals surface area contributed by atoms with Crippen LogP contribution >= 0.6 is 0 Å². The van der Waals surface area contributed by atoms with Crippen LogP contribution < -0.4 is 11.3 Å². The summed E-state index contributed by atoms with van der Waals surface area (Å²) in [5.41, 5.74) is 6.42. The molecule has 0 unspecified atom stereocenters. The molecule has 0 aromatic carbocycles. The summed E-state index contributed by atoms with van der Waals surface area (Å²) in [6, 6.07) is 1.61. The first-order valence-corrected chi connectivity index (χ1v) is 7.78. The Labute approximate surface area is 137 Å². The number of carbonyl (C=O) groups is 2. The summed E-state index contributed by atoms with van der Waals surface area (Å²) in [6.45, 7) is 0.453. The Morgan fingerprint density at radius 2 is 2.25 bits per heavy atom. The van der Waals surface area contributed by atoms with E-state index in [4.69, 9.17) is 10.5 Å². The SMILES string of the molecule is CO[C@H]1C=CC2=CC(=O)N3CCc4c(cc(C(N)=O)[nH]c4=O)[C@]23C1. The van der Waals surface area contributed by atoms with Crippen molar-refractivity contribution in [2.45, 2.75) is 24.5 Å². The molecule has 2 atom stereocenters. The van der Waals surface area contributed by atoms with Gasteiger partial charge in [-0.1, -0.05) is 12.2 Å². The van der Waals surface area contributed by atoms with Gasteiger partial charge in [-0.05, 0) is 23.6 Å². The summed E-state index contributed by atoms with van der Waals surface area (Å²) in [6.07, 6.45) is 6.15. The molecule has 124 valence electrons. The standard InChI is InChI=1S/C17H17N3O4/c1-24-10-3-2-9-6-14(21)20-5-4-11-12(17(9,20)8-10)7-13(15(18)22)19-16(11)23/h2-3,6-7,10H,4-5,8H2,1H3,(H2,18,22)(H,19,23)/t10-,17-/m0/s1. The van der Waals surface area contributed by atoms with Crippen LogP contribution in [0.4, 0.5) is 0 Å². The third-order valence-electron chi connectivity index (χ3n) is 5.21. The van der Waals surface area contributed by atoms with Gasteiger partial charge in [0.05, 0.1) is 11.6 Å². The van der Waals surface area contributed by atoms with Crippen molar-refractivity contribution in [3.05, 3.63) is 57.0 Å². The van der Waals surface area contributed by atoms with Crippen molar-refractivity contribution in [1.82, 2.24) is 9.88 Å². The predicted octanol–water partition coefficient (Wildman–Crippen LogP) is -0.0313. The topological polar surface area (TPSA) is 105 Å². The van der Waals surface area contributed by atoms with Crippen molar-refractivity contribution in [2.24, 2.45) is 5.73 Å². The van der Waals surface area contributed by atoms with Gasteiger partial charge in [0.1, 0.15) is 5.69 Å². The van der Waals surface area contributed by atoms with Gasteiger partial charge >= 0.3 is 0 Å². The van der Waals surface area contributed by atoms with Gasteiger partial charge in [-0.3, -0.25) is 14.4 Å². The quantitative estimate of drug-likeness (QED) is 0.795. The number of hydrogen-bond acceptors (Lipinski definition) is 4. The van der Waals surface area contributed by atoms with Gasteiger partial charge in [0.15, 0.2) is 0 Å². The molecule has 3 N–H and O–H groups in total. The molecule has 1 spiro atoms. The minimum absolute atomic E-state index is 0.0530. The van der Waals surface area contributed by atoms with Crippen LogP contribution in [0.2, 0.25) is 0 Å². The number of primary amides is 1. The number of fused-ring (bicyclic) bond motifs is 1. The van der Waals surface area contributed by atoms with Gasteiger partial charge in [0, 0.05) is 31.7 Å². The molecule has 1 aromatic rings. The Morgan fingerprint density at radius 3 is 2.96 bits per heavy atom. The number of methoxy groups -OCH3 is 1. The van der Waals surface area contributed by atoms with E-state index in [0.29, 0.717) is 30.5 Å². The number of rotatable bonds is 2. The van der Waals surface area contributed by atoms with Gasteiger partial charge in [-0.15, -0.1) is 0 Å². The summed E-state index contributed by atoms with van der Waals surface area (Å²) < 4.78 is 5.47. The van der Waals surface area contributed by atoms with Crippen molar-refractivity contribution in [3.8, 4) is 0 Å². The van der Waals surface area contributed by atoms with Crippen LogP contribution in [0.1, 0.15) is 28.0 Å². The van der Waals surface area contributed by atoms with Crippen molar-refractivity contribution in [1.29, 1.82) is 0 Å². The fourth-order valence-corrected chi connectivity index (χ4v) is 4.09. The number of carbonyl (C=O) groups excluding carboxylic acids is 2. The van der Waals surface area contributed by atoms with E-state index in [2.05, 4.69) is 4.98 Å². The maximum atomic E-state index is 12.5. The number of nitrogens with two attached hydrogens (primary N) is 1. The number of H-pyrrole nitrogens is 1. The number of aromatic nitrogens is 1. The lowest BCUT2D eigenvalue weighted by Gasteiger charge is -2.47. The van der Waals surface area contributed by atoms with Crippen LogP contribution in [0.5, 0.6) is 0 Å². The lowest BCUT2D eigenvalue weighted by molar-refractivity contribution is -0.130. The number of amides is 2. The molecule has 0 fully saturated rings. The number of ether oxygens (including phenoxy) is 1. The van der Waals surface area contributed by atoms with Gasteiger partial charge in [-0.2, -0.15) is 0 Å². The van der Waals surface area contributed by atoms with Crippen LogP contribution in [-0.2, 0) is 21.5 Å². The molecule has 3 aliphatic rings. The minimum atomic E-state index is -0.765. The summed E-state index contributed by atoms with van der Waals surface area (Å²) in [7, 11) is 1.61. The smallest absolute Gasteiger partial charge is 0.265 e. The fraction of sp³-hybridized carbons (Fsp3) is 0.353. The molecule has 7 nitrogen and oxygen atoms in total. The van der Waals surface area contributed by atoms with Crippen LogP contribution in [-0.4, -0.2) is 41.5 Å². The van der Waals surface area contributed by atoms with Crippen LogP contribution in [0.15, 0.2) is 34.7 Å². The Morgan fingerprint density at radius 1 is 1.46 bits per heavy atom. The van der Waals surface area contributed by atoms with E-state index in [1.165, 1.54) is 0 Å². The number of nitrogens with one attached hydrogen (secondary N) is 1. The monoisotopic (exact) mass is 327 g/mol. The lowest BCUT2D eigenvalue weighted by Crippen LogP contribution is -2.54. The maximum absolute atomic E-state index is 12.5. The van der Waals surface area contributed by atoms with E-state index in [0.717, 1.165) is 5.57 Å². The van der Waals surface area contributed by atoms with Gasteiger partial charge in [0.25, 0.3) is 11.5 Å². The highest BCUT2D eigenvalue weighted by molar-refractivity contribution is 5.95. The first-order chi connectivity index (χ1) is 11.5. The van der Waals surface area contributed by atoms with E-state index < -0.39 is 11.4 Å². The molecule has 1 aromatic heterocycles. The summed E-state index contributed by atoms with van der Waals surface area (Å²) in [5.74, 6) is -0.786. The van der Waals surface area contributed by atoms with Gasteiger partial charge < -0.3 is 20.4 Å². The molecule has 0 saturated carbocycles. The predicted molar refractivity (Wildman–Crippen MR) is 85.3 cm³/mol. The largest absolute Gasteiger partial charge is 0.377 e. The highest BCUT2D eigenvalue weighted by atomic mass is 16.5. The van der Waals surface area contributed by atoms with E-state index >= 15 is 0 Å². The number of hydrogen-bond donors (Lipinski definition) is 2. The Hall–Kier alpha value is -2.67. The minimum Gasteiger partial charge on any atom is -0.377 e. The fourth-order valence-electron chi connectivity index (χ4n) is 4.09. The molecule has 1 aliphatic carbocycles. The van der Waals surface area contributed by atoms with Crippen LogP contribution in [0.3, 0.4) is 0 Å². The van der Waals surface area contributed by atoms with Crippen molar-refractivity contribution >= 4 is 11.8 Å². The van der Waals surface area contributed by atoms with E-state index in [9.17, 15) is 14.4 Å².